The molecule has 1 aromatic rings. The van der Waals surface area contributed by atoms with Crippen LogP contribution in [0.25, 0.3) is 0 Å². The van der Waals surface area contributed by atoms with Crippen LogP contribution in [0.1, 0.15) is 18.6 Å². The van der Waals surface area contributed by atoms with Crippen LogP contribution in [0.2, 0.25) is 10.2 Å². The van der Waals surface area contributed by atoms with Gasteiger partial charge >= 0.3 is 5.97 Å². The second-order valence-electron chi connectivity index (χ2n) is 3.18. The molecule has 0 fully saturated rings. The van der Waals surface area contributed by atoms with Crippen molar-refractivity contribution in [2.75, 3.05) is 6.61 Å². The van der Waals surface area contributed by atoms with Gasteiger partial charge in [0.2, 0.25) is 0 Å². The molecule has 2 atom stereocenters. The molecule has 0 aromatic carbocycles. The topological polar surface area (TPSA) is 79.7 Å². The molecule has 0 radical (unpaired) electrons. The van der Waals surface area contributed by atoms with Gasteiger partial charge < -0.3 is 14.9 Å². The van der Waals surface area contributed by atoms with Crippen molar-refractivity contribution in [2.24, 2.45) is 0 Å². The van der Waals surface area contributed by atoms with Gasteiger partial charge in [0.05, 0.1) is 11.6 Å². The fourth-order valence-electron chi connectivity index (χ4n) is 1.17. The van der Waals surface area contributed by atoms with E-state index in [0.717, 1.165) is 0 Å². The van der Waals surface area contributed by atoms with Crippen LogP contribution in [0.4, 0.5) is 0 Å². The Bertz CT molecular complexity index is 413. The number of esters is 1. The summed E-state index contributed by atoms with van der Waals surface area (Å²) in [6, 6.07) is 1.32. The fraction of sp³-hybridized carbons (Fsp3) is 0.400. The van der Waals surface area contributed by atoms with E-state index in [-0.39, 0.29) is 22.3 Å². The summed E-state index contributed by atoms with van der Waals surface area (Å²) in [5, 5.41) is 19.5. The average Bonchev–Trinajstić information content (AvgIpc) is 2.30. The molecule has 1 rings (SSSR count). The maximum Gasteiger partial charge on any atom is 0.338 e. The Kier molecular flexibility index (Phi) is 5.14. The smallest absolute Gasteiger partial charge is 0.338 e. The van der Waals surface area contributed by atoms with Crippen LogP contribution in [0, 0.1) is 0 Å². The Morgan fingerprint density at radius 3 is 2.76 bits per heavy atom. The first-order chi connectivity index (χ1) is 7.97. The lowest BCUT2D eigenvalue weighted by molar-refractivity contribution is -0.159. The van der Waals surface area contributed by atoms with Crippen molar-refractivity contribution in [2.45, 2.75) is 19.1 Å². The molecule has 7 heteroatoms. The standard InChI is InChI=1S/C10H11Cl2NO4/c1-2-17-10(16)8(15)7(14)6-3-5(11)4-13-9(6)12/h3-4,7-8,14-15H,2H2,1H3. The van der Waals surface area contributed by atoms with Crippen LogP contribution >= 0.6 is 23.2 Å². The minimum Gasteiger partial charge on any atom is -0.464 e. The van der Waals surface area contributed by atoms with Crippen molar-refractivity contribution >= 4 is 29.2 Å². The molecular weight excluding hydrogens is 269 g/mol. The van der Waals surface area contributed by atoms with Crippen molar-refractivity contribution in [1.82, 2.24) is 4.98 Å². The third kappa shape index (κ3) is 3.54. The number of hydrogen-bond acceptors (Lipinski definition) is 5. The summed E-state index contributed by atoms with van der Waals surface area (Å²) < 4.78 is 4.57. The Labute approximate surface area is 108 Å². The molecule has 0 aliphatic carbocycles. The minimum atomic E-state index is -1.73. The molecule has 0 aliphatic heterocycles. The van der Waals surface area contributed by atoms with E-state index in [1.54, 1.807) is 6.92 Å². The van der Waals surface area contributed by atoms with E-state index in [1.807, 2.05) is 0 Å². The van der Waals surface area contributed by atoms with Crippen molar-refractivity contribution in [1.29, 1.82) is 0 Å². The highest BCUT2D eigenvalue weighted by atomic mass is 35.5. The highest BCUT2D eigenvalue weighted by molar-refractivity contribution is 6.32. The number of halogens is 2. The van der Waals surface area contributed by atoms with Gasteiger partial charge in [0.25, 0.3) is 0 Å². The van der Waals surface area contributed by atoms with Crippen molar-refractivity contribution in [3.63, 3.8) is 0 Å². The first-order valence-corrected chi connectivity index (χ1v) is 5.56. The van der Waals surface area contributed by atoms with E-state index in [0.29, 0.717) is 0 Å². The predicted molar refractivity (Wildman–Crippen MR) is 61.9 cm³/mol. The Morgan fingerprint density at radius 1 is 1.53 bits per heavy atom. The van der Waals surface area contributed by atoms with Crippen LogP contribution in [-0.4, -0.2) is 33.9 Å². The summed E-state index contributed by atoms with van der Waals surface area (Å²) in [4.78, 5) is 14.9. The molecule has 1 aromatic heterocycles. The zero-order valence-corrected chi connectivity index (χ0v) is 10.4. The molecule has 17 heavy (non-hydrogen) atoms. The van der Waals surface area contributed by atoms with E-state index in [2.05, 4.69) is 9.72 Å². The van der Waals surface area contributed by atoms with Gasteiger partial charge in [0.1, 0.15) is 11.3 Å². The maximum absolute atomic E-state index is 11.2. The molecule has 1 heterocycles. The SMILES string of the molecule is CCOC(=O)C(O)C(O)c1cc(Cl)cnc1Cl. The number of nitrogens with zero attached hydrogens (tertiary/aromatic N) is 1. The molecule has 0 saturated heterocycles. The number of ether oxygens (including phenoxy) is 1. The van der Waals surface area contributed by atoms with Crippen LogP contribution < -0.4 is 0 Å². The van der Waals surface area contributed by atoms with Gasteiger partial charge in [-0.15, -0.1) is 0 Å². The molecular formula is C10H11Cl2NO4. The molecule has 0 aliphatic rings. The summed E-state index contributed by atoms with van der Waals surface area (Å²) in [6.07, 6.45) is -1.97. The molecule has 0 bridgehead atoms. The van der Waals surface area contributed by atoms with Gasteiger partial charge in [0, 0.05) is 11.8 Å². The Balaban J connectivity index is 2.91. The molecule has 0 amide bonds. The normalized spacial score (nSPS) is 14.2. The lowest BCUT2D eigenvalue weighted by Gasteiger charge is -2.17. The van der Waals surface area contributed by atoms with Crippen LogP contribution in [0.15, 0.2) is 12.3 Å². The van der Waals surface area contributed by atoms with E-state index in [4.69, 9.17) is 23.2 Å². The van der Waals surface area contributed by atoms with Crippen molar-refractivity contribution in [3.8, 4) is 0 Å². The number of hydrogen-bond donors (Lipinski definition) is 2. The Morgan fingerprint density at radius 2 is 2.18 bits per heavy atom. The van der Waals surface area contributed by atoms with E-state index in [1.165, 1.54) is 12.3 Å². The maximum atomic E-state index is 11.2. The van der Waals surface area contributed by atoms with Crippen molar-refractivity contribution < 1.29 is 19.7 Å². The summed E-state index contributed by atoms with van der Waals surface area (Å²) in [7, 11) is 0. The molecule has 5 nitrogen and oxygen atoms in total. The summed E-state index contributed by atoms with van der Waals surface area (Å²) >= 11 is 11.4. The van der Waals surface area contributed by atoms with E-state index >= 15 is 0 Å². The second kappa shape index (κ2) is 6.16. The average molecular weight is 280 g/mol. The first-order valence-electron chi connectivity index (χ1n) is 4.81. The molecule has 2 N–H and O–H groups in total. The number of aliphatic hydroxyl groups is 2. The van der Waals surface area contributed by atoms with Gasteiger partial charge in [-0.3, -0.25) is 0 Å². The second-order valence-corrected chi connectivity index (χ2v) is 3.97. The van der Waals surface area contributed by atoms with Gasteiger partial charge in [-0.2, -0.15) is 0 Å². The fourth-order valence-corrected chi connectivity index (χ4v) is 1.55. The number of carbonyl (C=O) groups is 1. The largest absolute Gasteiger partial charge is 0.464 e. The van der Waals surface area contributed by atoms with Gasteiger partial charge in [-0.05, 0) is 13.0 Å². The first kappa shape index (κ1) is 14.2. The van der Waals surface area contributed by atoms with E-state index in [9.17, 15) is 15.0 Å². The van der Waals surface area contributed by atoms with Gasteiger partial charge in [-0.1, -0.05) is 23.2 Å². The van der Waals surface area contributed by atoms with E-state index < -0.39 is 18.2 Å². The molecule has 2 unspecified atom stereocenters. The minimum absolute atomic E-state index is 0.0368. The van der Waals surface area contributed by atoms with Crippen molar-refractivity contribution in [3.05, 3.63) is 28.0 Å². The monoisotopic (exact) mass is 279 g/mol. The van der Waals surface area contributed by atoms with Gasteiger partial charge in [0.15, 0.2) is 6.10 Å². The van der Waals surface area contributed by atoms with Crippen LogP contribution in [0.3, 0.4) is 0 Å². The summed E-state index contributed by atoms with van der Waals surface area (Å²) in [5.74, 6) is -0.934. The highest BCUT2D eigenvalue weighted by Crippen LogP contribution is 2.26. The summed E-state index contributed by atoms with van der Waals surface area (Å²) in [6.45, 7) is 1.69. The molecule has 0 spiro atoms. The number of carbonyl (C=O) groups excluding carboxylic acids is 1. The van der Waals surface area contributed by atoms with Crippen LogP contribution in [0.5, 0.6) is 0 Å². The number of aromatic nitrogens is 1. The van der Waals surface area contributed by atoms with Gasteiger partial charge in [-0.25, -0.2) is 9.78 Å². The third-order valence-corrected chi connectivity index (χ3v) is 2.50. The zero-order chi connectivity index (χ0) is 13.0. The predicted octanol–water partition coefficient (Wildman–Crippen LogP) is 1.35. The molecule has 94 valence electrons. The summed E-state index contributed by atoms with van der Waals surface area (Å²) in [5.41, 5.74) is 0.0692. The molecule has 0 saturated carbocycles. The zero-order valence-electron chi connectivity index (χ0n) is 8.93. The third-order valence-electron chi connectivity index (χ3n) is 1.98. The highest BCUT2D eigenvalue weighted by Gasteiger charge is 2.29. The number of aliphatic hydroxyl groups excluding tert-OH is 2. The van der Waals surface area contributed by atoms with Crippen LogP contribution in [-0.2, 0) is 9.53 Å². The number of rotatable bonds is 4. The lowest BCUT2D eigenvalue weighted by Crippen LogP contribution is -2.30. The lowest BCUT2D eigenvalue weighted by atomic mass is 10.1. The quantitative estimate of drug-likeness (QED) is 0.642. The number of pyridine rings is 1. The Hall–Kier alpha value is -0.880.